The van der Waals surface area contributed by atoms with Crippen molar-refractivity contribution in [1.29, 1.82) is 0 Å². The van der Waals surface area contributed by atoms with E-state index in [2.05, 4.69) is 21.5 Å². The molecule has 0 amide bonds. The number of aryl methyl sites for hydroxylation is 1. The lowest BCUT2D eigenvalue weighted by Gasteiger charge is -2.17. The average molecular weight is 378 g/mol. The van der Waals surface area contributed by atoms with Crippen LogP contribution in [-0.2, 0) is 16.6 Å². The maximum atomic E-state index is 12.4. The van der Waals surface area contributed by atoms with E-state index in [4.69, 9.17) is 0 Å². The van der Waals surface area contributed by atoms with Crippen molar-refractivity contribution in [2.45, 2.75) is 39.3 Å². The van der Waals surface area contributed by atoms with Crippen LogP contribution in [0.2, 0.25) is 0 Å². The molecule has 0 saturated carbocycles. The van der Waals surface area contributed by atoms with Crippen molar-refractivity contribution in [3.63, 3.8) is 0 Å². The van der Waals surface area contributed by atoms with Crippen molar-refractivity contribution in [1.82, 2.24) is 19.0 Å². The summed E-state index contributed by atoms with van der Waals surface area (Å²) in [4.78, 5) is 19.2. The zero-order valence-electron chi connectivity index (χ0n) is 15.5. The number of hydrogen-bond donors (Lipinski definition) is 1. The SMILES string of the molecule is CCC[C@@H]1CN(Cc2cc(=O)n3cccc(C)c3n2)C[C@H]1NS(C)(=O)=O. The minimum absolute atomic E-state index is 0.0896. The second-order valence-electron chi connectivity index (χ2n) is 7.21. The fraction of sp³-hybridized carbons (Fsp3) is 0.556. The summed E-state index contributed by atoms with van der Waals surface area (Å²) >= 11 is 0. The predicted molar refractivity (Wildman–Crippen MR) is 102 cm³/mol. The molecule has 1 aliphatic rings. The van der Waals surface area contributed by atoms with Crippen molar-refractivity contribution in [2.75, 3.05) is 19.3 Å². The molecule has 1 saturated heterocycles. The van der Waals surface area contributed by atoms with E-state index in [1.165, 1.54) is 6.26 Å². The summed E-state index contributed by atoms with van der Waals surface area (Å²) in [5.41, 5.74) is 2.25. The van der Waals surface area contributed by atoms with E-state index >= 15 is 0 Å². The van der Waals surface area contributed by atoms with Gasteiger partial charge in [0.2, 0.25) is 10.0 Å². The van der Waals surface area contributed by atoms with Crippen LogP contribution in [0, 0.1) is 12.8 Å². The molecule has 3 rings (SSSR count). The Labute approximate surface area is 154 Å². The van der Waals surface area contributed by atoms with Gasteiger partial charge >= 0.3 is 0 Å². The lowest BCUT2D eigenvalue weighted by atomic mass is 9.99. The quantitative estimate of drug-likeness (QED) is 0.815. The third kappa shape index (κ3) is 4.31. The van der Waals surface area contributed by atoms with Crippen LogP contribution in [0.4, 0.5) is 0 Å². The molecule has 2 atom stereocenters. The first kappa shape index (κ1) is 19.0. The standard InChI is InChI=1S/C18H26N4O3S/c1-4-6-14-10-21(12-16(14)20-26(3,24)25)11-15-9-17(23)22-8-5-7-13(2)18(22)19-15/h5,7-9,14,16,20H,4,6,10-12H2,1-3H3/t14-,16-/m1/s1. The van der Waals surface area contributed by atoms with Gasteiger partial charge in [0.05, 0.1) is 11.9 Å². The Bertz CT molecular complexity index is 955. The minimum atomic E-state index is -3.24. The zero-order valence-corrected chi connectivity index (χ0v) is 16.3. The largest absolute Gasteiger partial charge is 0.296 e. The molecule has 7 nitrogen and oxygen atoms in total. The van der Waals surface area contributed by atoms with Gasteiger partial charge in [0, 0.05) is 37.9 Å². The van der Waals surface area contributed by atoms with Crippen LogP contribution in [0.15, 0.2) is 29.2 Å². The van der Waals surface area contributed by atoms with Gasteiger partial charge in [-0.05, 0) is 30.9 Å². The van der Waals surface area contributed by atoms with Gasteiger partial charge in [-0.15, -0.1) is 0 Å². The highest BCUT2D eigenvalue weighted by Gasteiger charge is 2.33. The number of nitrogens with one attached hydrogen (secondary N) is 1. The lowest BCUT2D eigenvalue weighted by molar-refractivity contribution is 0.308. The third-order valence-corrected chi connectivity index (χ3v) is 5.60. The summed E-state index contributed by atoms with van der Waals surface area (Å²) < 4.78 is 27.6. The molecule has 0 unspecified atom stereocenters. The van der Waals surface area contributed by atoms with E-state index in [1.807, 2.05) is 19.1 Å². The summed E-state index contributed by atoms with van der Waals surface area (Å²) in [5, 5.41) is 0. The van der Waals surface area contributed by atoms with Gasteiger partial charge in [-0.3, -0.25) is 14.1 Å². The predicted octanol–water partition coefficient (Wildman–Crippen LogP) is 1.15. The second-order valence-corrected chi connectivity index (χ2v) is 8.99. The lowest BCUT2D eigenvalue weighted by Crippen LogP contribution is -2.39. The van der Waals surface area contributed by atoms with Crippen molar-refractivity contribution >= 4 is 15.7 Å². The van der Waals surface area contributed by atoms with E-state index < -0.39 is 10.0 Å². The number of pyridine rings is 1. The molecule has 0 aliphatic carbocycles. The molecule has 26 heavy (non-hydrogen) atoms. The molecule has 8 heteroatoms. The summed E-state index contributed by atoms with van der Waals surface area (Å²) in [6, 6.07) is 5.25. The summed E-state index contributed by atoms with van der Waals surface area (Å²) in [5.74, 6) is 0.276. The Balaban J connectivity index is 1.81. The van der Waals surface area contributed by atoms with Crippen LogP contribution in [-0.4, -0.2) is 48.1 Å². The molecule has 2 aromatic heterocycles. The number of fused-ring (bicyclic) bond motifs is 1. The van der Waals surface area contributed by atoms with E-state index in [9.17, 15) is 13.2 Å². The fourth-order valence-corrected chi connectivity index (χ4v) is 4.60. The average Bonchev–Trinajstić information content (AvgIpc) is 2.88. The highest BCUT2D eigenvalue weighted by molar-refractivity contribution is 7.88. The Kier molecular flexibility index (Phi) is 5.45. The highest BCUT2D eigenvalue weighted by Crippen LogP contribution is 2.23. The van der Waals surface area contributed by atoms with Gasteiger partial charge in [-0.25, -0.2) is 18.1 Å². The van der Waals surface area contributed by atoms with Crippen LogP contribution in [0.1, 0.15) is 31.0 Å². The Morgan fingerprint density at radius 1 is 1.35 bits per heavy atom. The van der Waals surface area contributed by atoms with Gasteiger partial charge in [-0.1, -0.05) is 19.4 Å². The monoisotopic (exact) mass is 378 g/mol. The number of aromatic nitrogens is 2. The molecule has 1 fully saturated rings. The zero-order chi connectivity index (χ0) is 18.9. The van der Waals surface area contributed by atoms with Gasteiger partial charge in [-0.2, -0.15) is 0 Å². The minimum Gasteiger partial charge on any atom is -0.296 e. The molecule has 142 valence electrons. The van der Waals surface area contributed by atoms with Gasteiger partial charge < -0.3 is 0 Å². The number of hydrogen-bond acceptors (Lipinski definition) is 5. The number of likely N-dealkylation sites (tertiary alicyclic amines) is 1. The van der Waals surface area contributed by atoms with Crippen LogP contribution < -0.4 is 10.3 Å². The van der Waals surface area contributed by atoms with Crippen molar-refractivity contribution in [2.24, 2.45) is 5.92 Å². The first-order valence-corrected chi connectivity index (χ1v) is 10.8. The molecule has 1 aliphatic heterocycles. The Hall–Kier alpha value is -1.77. The number of rotatable bonds is 6. The molecular formula is C18H26N4O3S. The summed E-state index contributed by atoms with van der Waals surface area (Å²) in [6.07, 6.45) is 4.90. The van der Waals surface area contributed by atoms with Gasteiger partial charge in [0.25, 0.3) is 5.56 Å². The summed E-state index contributed by atoms with van der Waals surface area (Å²) in [7, 11) is -3.24. The van der Waals surface area contributed by atoms with E-state index in [0.29, 0.717) is 18.7 Å². The van der Waals surface area contributed by atoms with Gasteiger partial charge in [0.15, 0.2) is 0 Å². The number of sulfonamides is 1. The molecular weight excluding hydrogens is 352 g/mol. The van der Waals surface area contributed by atoms with Crippen LogP contribution in [0.25, 0.3) is 5.65 Å². The molecule has 0 bridgehead atoms. The van der Waals surface area contributed by atoms with Crippen LogP contribution in [0.3, 0.4) is 0 Å². The van der Waals surface area contributed by atoms with Crippen molar-refractivity contribution in [3.8, 4) is 0 Å². The molecule has 0 spiro atoms. The summed E-state index contributed by atoms with van der Waals surface area (Å²) in [6.45, 7) is 6.02. The van der Waals surface area contributed by atoms with Crippen LogP contribution >= 0.6 is 0 Å². The van der Waals surface area contributed by atoms with E-state index in [1.54, 1.807) is 16.7 Å². The molecule has 0 radical (unpaired) electrons. The Morgan fingerprint density at radius 2 is 2.12 bits per heavy atom. The molecule has 0 aromatic carbocycles. The second kappa shape index (κ2) is 7.46. The highest BCUT2D eigenvalue weighted by atomic mass is 32.2. The van der Waals surface area contributed by atoms with Crippen molar-refractivity contribution in [3.05, 3.63) is 46.0 Å². The van der Waals surface area contributed by atoms with Crippen LogP contribution in [0.5, 0.6) is 0 Å². The first-order valence-electron chi connectivity index (χ1n) is 8.94. The molecule has 2 aromatic rings. The maximum Gasteiger partial charge on any atom is 0.258 e. The molecule has 3 heterocycles. The fourth-order valence-electron chi connectivity index (χ4n) is 3.78. The van der Waals surface area contributed by atoms with Crippen molar-refractivity contribution < 1.29 is 8.42 Å². The Morgan fingerprint density at radius 3 is 2.81 bits per heavy atom. The topological polar surface area (TPSA) is 83.8 Å². The third-order valence-electron chi connectivity index (χ3n) is 4.87. The van der Waals surface area contributed by atoms with Gasteiger partial charge in [0.1, 0.15) is 5.65 Å². The molecule has 1 N–H and O–H groups in total. The smallest absolute Gasteiger partial charge is 0.258 e. The normalized spacial score (nSPS) is 21.5. The maximum absolute atomic E-state index is 12.4. The number of nitrogens with zero attached hydrogens (tertiary/aromatic N) is 3. The van der Waals surface area contributed by atoms with E-state index in [-0.39, 0.29) is 17.5 Å². The first-order chi connectivity index (χ1) is 12.3. The van der Waals surface area contributed by atoms with E-state index in [0.717, 1.165) is 30.6 Å².